The lowest BCUT2D eigenvalue weighted by molar-refractivity contribution is 0.0958. The number of piperazine rings is 1. The molecule has 1 aliphatic rings. The molecule has 1 aromatic carbocycles. The Morgan fingerprint density at radius 1 is 1.09 bits per heavy atom. The van der Waals surface area contributed by atoms with Gasteiger partial charge in [-0.1, -0.05) is 17.7 Å². The predicted octanol–water partition coefficient (Wildman–Crippen LogP) is 1.42. The van der Waals surface area contributed by atoms with E-state index in [1.165, 1.54) is 7.11 Å². The van der Waals surface area contributed by atoms with Crippen LogP contribution in [0, 0.1) is 6.92 Å². The van der Waals surface area contributed by atoms with Gasteiger partial charge in [-0.3, -0.25) is 0 Å². The first kappa shape index (κ1) is 15.9. The van der Waals surface area contributed by atoms with Gasteiger partial charge < -0.3 is 24.6 Å². The van der Waals surface area contributed by atoms with Gasteiger partial charge >= 0.3 is 12.1 Å². The second-order valence-corrected chi connectivity index (χ2v) is 5.03. The number of amides is 3. The minimum absolute atomic E-state index is 0.110. The first-order chi connectivity index (χ1) is 10.6. The van der Waals surface area contributed by atoms with Crippen LogP contribution < -0.4 is 10.1 Å². The van der Waals surface area contributed by atoms with E-state index in [1.807, 2.05) is 31.2 Å². The first-order valence-electron chi connectivity index (χ1n) is 7.15. The number of methoxy groups -OCH3 is 1. The van der Waals surface area contributed by atoms with Crippen molar-refractivity contribution in [2.24, 2.45) is 0 Å². The molecule has 1 aliphatic heterocycles. The standard InChI is InChI=1S/C15H21N3O4/c1-12-3-5-13(6-4-12)22-11-16-14(19)17-7-9-18(10-8-17)15(20)21-2/h3-6H,7-11H2,1-2H3,(H,16,19). The Labute approximate surface area is 129 Å². The monoisotopic (exact) mass is 307 g/mol. The zero-order valence-corrected chi connectivity index (χ0v) is 12.9. The molecule has 1 aromatic rings. The number of rotatable bonds is 3. The molecule has 7 nitrogen and oxygen atoms in total. The highest BCUT2D eigenvalue weighted by molar-refractivity contribution is 5.74. The Hall–Kier alpha value is -2.44. The number of carbonyl (C=O) groups is 2. The molecule has 3 amide bonds. The number of nitrogens with zero attached hydrogens (tertiary/aromatic N) is 2. The fraction of sp³-hybridized carbons (Fsp3) is 0.467. The van der Waals surface area contributed by atoms with E-state index in [-0.39, 0.29) is 18.9 Å². The largest absolute Gasteiger partial charge is 0.473 e. The molecule has 7 heteroatoms. The molecular formula is C15H21N3O4. The molecule has 120 valence electrons. The number of hydrogen-bond donors (Lipinski definition) is 1. The van der Waals surface area contributed by atoms with Gasteiger partial charge in [0.1, 0.15) is 5.75 Å². The van der Waals surface area contributed by atoms with Crippen molar-refractivity contribution in [3.8, 4) is 5.75 Å². The van der Waals surface area contributed by atoms with Gasteiger partial charge in [-0.05, 0) is 19.1 Å². The average molecular weight is 307 g/mol. The van der Waals surface area contributed by atoms with Crippen LogP contribution in [-0.2, 0) is 4.74 Å². The first-order valence-corrected chi connectivity index (χ1v) is 7.15. The van der Waals surface area contributed by atoms with E-state index < -0.39 is 0 Å². The number of benzene rings is 1. The number of carbonyl (C=O) groups excluding carboxylic acids is 2. The van der Waals surface area contributed by atoms with E-state index in [1.54, 1.807) is 9.80 Å². The molecule has 0 radical (unpaired) electrons. The van der Waals surface area contributed by atoms with E-state index in [2.05, 4.69) is 10.1 Å². The molecule has 1 heterocycles. The molecule has 0 spiro atoms. The van der Waals surface area contributed by atoms with Crippen LogP contribution in [0.1, 0.15) is 5.56 Å². The Balaban J connectivity index is 1.70. The highest BCUT2D eigenvalue weighted by Crippen LogP contribution is 2.10. The fourth-order valence-corrected chi connectivity index (χ4v) is 2.15. The minimum Gasteiger partial charge on any atom is -0.473 e. The Morgan fingerprint density at radius 2 is 1.68 bits per heavy atom. The van der Waals surface area contributed by atoms with E-state index in [9.17, 15) is 9.59 Å². The molecule has 1 fully saturated rings. The number of aryl methyl sites for hydroxylation is 1. The average Bonchev–Trinajstić information content (AvgIpc) is 2.56. The predicted molar refractivity (Wildman–Crippen MR) is 80.8 cm³/mol. The van der Waals surface area contributed by atoms with Crippen molar-refractivity contribution in [3.63, 3.8) is 0 Å². The SMILES string of the molecule is COC(=O)N1CCN(C(=O)NCOc2ccc(C)cc2)CC1. The maximum absolute atomic E-state index is 12.0. The normalized spacial score (nSPS) is 14.5. The summed E-state index contributed by atoms with van der Waals surface area (Å²) in [6.07, 6.45) is -0.359. The van der Waals surface area contributed by atoms with Crippen molar-refractivity contribution < 1.29 is 19.1 Å². The topological polar surface area (TPSA) is 71.1 Å². The molecule has 1 saturated heterocycles. The molecule has 0 bridgehead atoms. The maximum Gasteiger partial charge on any atom is 0.409 e. The van der Waals surface area contributed by atoms with Gasteiger partial charge in [-0.25, -0.2) is 9.59 Å². The summed E-state index contributed by atoms with van der Waals surface area (Å²) in [5.74, 6) is 0.710. The third-order valence-corrected chi connectivity index (χ3v) is 3.48. The smallest absolute Gasteiger partial charge is 0.409 e. The van der Waals surface area contributed by atoms with E-state index in [0.29, 0.717) is 31.9 Å². The van der Waals surface area contributed by atoms with Crippen LogP contribution >= 0.6 is 0 Å². The number of ether oxygens (including phenoxy) is 2. The fourth-order valence-electron chi connectivity index (χ4n) is 2.15. The lowest BCUT2D eigenvalue weighted by Gasteiger charge is -2.33. The van der Waals surface area contributed by atoms with Crippen molar-refractivity contribution >= 4 is 12.1 Å². The minimum atomic E-state index is -0.359. The molecule has 2 rings (SSSR count). The summed E-state index contributed by atoms with van der Waals surface area (Å²) < 4.78 is 10.1. The molecule has 0 atom stereocenters. The summed E-state index contributed by atoms with van der Waals surface area (Å²) >= 11 is 0. The Morgan fingerprint density at radius 3 is 2.27 bits per heavy atom. The van der Waals surface area contributed by atoms with E-state index in [0.717, 1.165) is 5.56 Å². The van der Waals surface area contributed by atoms with Gasteiger partial charge in [0, 0.05) is 26.2 Å². The summed E-state index contributed by atoms with van der Waals surface area (Å²) in [4.78, 5) is 26.6. The molecule has 0 aliphatic carbocycles. The zero-order chi connectivity index (χ0) is 15.9. The van der Waals surface area contributed by atoms with Gasteiger partial charge in [0.05, 0.1) is 7.11 Å². The van der Waals surface area contributed by atoms with Crippen LogP contribution in [0.5, 0.6) is 5.75 Å². The van der Waals surface area contributed by atoms with Gasteiger partial charge in [-0.15, -0.1) is 0 Å². The third kappa shape index (κ3) is 4.28. The third-order valence-electron chi connectivity index (χ3n) is 3.48. The summed E-state index contributed by atoms with van der Waals surface area (Å²) in [5, 5.41) is 2.70. The van der Waals surface area contributed by atoms with Crippen LogP contribution in [0.3, 0.4) is 0 Å². The van der Waals surface area contributed by atoms with E-state index >= 15 is 0 Å². The van der Waals surface area contributed by atoms with Crippen LogP contribution in [0.4, 0.5) is 9.59 Å². The van der Waals surface area contributed by atoms with E-state index in [4.69, 9.17) is 4.74 Å². The lowest BCUT2D eigenvalue weighted by Crippen LogP contribution is -2.53. The van der Waals surface area contributed by atoms with Gasteiger partial charge in [0.15, 0.2) is 6.73 Å². The van der Waals surface area contributed by atoms with Crippen molar-refractivity contribution in [2.45, 2.75) is 6.92 Å². The van der Waals surface area contributed by atoms with Gasteiger partial charge in [-0.2, -0.15) is 0 Å². The molecule has 0 aromatic heterocycles. The van der Waals surface area contributed by atoms with Crippen LogP contribution in [-0.4, -0.2) is 61.9 Å². The lowest BCUT2D eigenvalue weighted by atomic mass is 10.2. The second-order valence-electron chi connectivity index (χ2n) is 5.03. The van der Waals surface area contributed by atoms with Crippen molar-refractivity contribution in [1.29, 1.82) is 0 Å². The van der Waals surface area contributed by atoms with Crippen molar-refractivity contribution in [2.75, 3.05) is 40.0 Å². The summed E-state index contributed by atoms with van der Waals surface area (Å²) in [7, 11) is 1.35. The second kappa shape index (κ2) is 7.53. The number of hydrogen-bond acceptors (Lipinski definition) is 4. The Kier molecular flexibility index (Phi) is 5.46. The van der Waals surface area contributed by atoms with Gasteiger partial charge in [0.25, 0.3) is 0 Å². The maximum atomic E-state index is 12.0. The quantitative estimate of drug-likeness (QED) is 0.858. The van der Waals surface area contributed by atoms with Crippen LogP contribution in [0.15, 0.2) is 24.3 Å². The van der Waals surface area contributed by atoms with Crippen LogP contribution in [0.2, 0.25) is 0 Å². The molecule has 0 saturated carbocycles. The molecular weight excluding hydrogens is 286 g/mol. The number of urea groups is 1. The summed E-state index contributed by atoms with van der Waals surface area (Å²) in [6, 6.07) is 7.41. The van der Waals surface area contributed by atoms with Gasteiger partial charge in [0.2, 0.25) is 0 Å². The number of nitrogens with one attached hydrogen (secondary N) is 1. The highest BCUT2D eigenvalue weighted by atomic mass is 16.5. The zero-order valence-electron chi connectivity index (χ0n) is 12.9. The summed E-state index contributed by atoms with van der Waals surface area (Å²) in [6.45, 7) is 4.01. The highest BCUT2D eigenvalue weighted by Gasteiger charge is 2.24. The molecule has 0 unspecified atom stereocenters. The molecule has 22 heavy (non-hydrogen) atoms. The van der Waals surface area contributed by atoms with Crippen molar-refractivity contribution in [3.05, 3.63) is 29.8 Å². The van der Waals surface area contributed by atoms with Crippen molar-refractivity contribution in [1.82, 2.24) is 15.1 Å². The Bertz CT molecular complexity index is 510. The molecule has 1 N–H and O–H groups in total. The van der Waals surface area contributed by atoms with Crippen LogP contribution in [0.25, 0.3) is 0 Å². The summed E-state index contributed by atoms with van der Waals surface area (Å²) in [5.41, 5.74) is 1.15.